The second-order valence-electron chi connectivity index (χ2n) is 5.67. The minimum atomic E-state index is -3.59. The number of benzene rings is 1. The van der Waals surface area contributed by atoms with Gasteiger partial charge in [0, 0.05) is 12.1 Å². The number of halogens is 1. The fourth-order valence-electron chi connectivity index (χ4n) is 2.72. The molecule has 130 valence electrons. The van der Waals surface area contributed by atoms with Crippen LogP contribution in [0, 0.1) is 6.92 Å². The van der Waals surface area contributed by atoms with Gasteiger partial charge in [0.15, 0.2) is 0 Å². The maximum atomic E-state index is 12.5. The van der Waals surface area contributed by atoms with E-state index >= 15 is 0 Å². The Balaban J connectivity index is 0.00000264. The van der Waals surface area contributed by atoms with Crippen molar-refractivity contribution in [3.8, 4) is 0 Å². The highest BCUT2D eigenvalue weighted by atomic mass is 35.5. The molecule has 0 aliphatic carbocycles. The number of esters is 1. The molecule has 2 rings (SSSR count). The Morgan fingerprint density at radius 3 is 2.65 bits per heavy atom. The minimum Gasteiger partial charge on any atom is -0.465 e. The molecule has 0 radical (unpaired) electrons. The lowest BCUT2D eigenvalue weighted by atomic mass is 10.0. The molecule has 0 saturated carbocycles. The molecule has 1 aliphatic heterocycles. The summed E-state index contributed by atoms with van der Waals surface area (Å²) in [5.74, 6) is -0.479. The molecule has 2 unspecified atom stereocenters. The molecule has 23 heavy (non-hydrogen) atoms. The monoisotopic (exact) mass is 362 g/mol. The highest BCUT2D eigenvalue weighted by molar-refractivity contribution is 7.89. The topological polar surface area (TPSA) is 84.5 Å². The third-order valence-electron chi connectivity index (χ3n) is 3.83. The second-order valence-corrected chi connectivity index (χ2v) is 7.35. The maximum Gasteiger partial charge on any atom is 0.337 e. The fourth-order valence-corrected chi connectivity index (χ4v) is 4.23. The summed E-state index contributed by atoms with van der Waals surface area (Å²) in [6.07, 6.45) is 1.53. The highest BCUT2D eigenvalue weighted by Crippen LogP contribution is 2.19. The van der Waals surface area contributed by atoms with E-state index in [0.29, 0.717) is 17.2 Å². The van der Waals surface area contributed by atoms with Gasteiger partial charge in [0.1, 0.15) is 0 Å². The van der Waals surface area contributed by atoms with Crippen molar-refractivity contribution in [2.75, 3.05) is 13.7 Å². The summed E-state index contributed by atoms with van der Waals surface area (Å²) in [6, 6.07) is 4.68. The molecule has 1 saturated heterocycles. The number of hydrogen-bond donors (Lipinski definition) is 2. The molecule has 1 fully saturated rings. The number of ether oxygens (including phenoxy) is 1. The molecule has 1 aliphatic rings. The predicted molar refractivity (Wildman–Crippen MR) is 90.6 cm³/mol. The standard InChI is InChI=1S/C15H22N2O4S.ClH/c1-10-8-12(15(18)21-3)4-5-14(10)22(19,20)17-13-6-7-16-11(2)9-13;/h4-5,8,11,13,16-17H,6-7,9H2,1-3H3;1H. The normalized spacial score (nSPS) is 21.3. The molecule has 2 atom stereocenters. The lowest BCUT2D eigenvalue weighted by Crippen LogP contribution is -2.46. The quantitative estimate of drug-likeness (QED) is 0.795. The van der Waals surface area contributed by atoms with E-state index in [2.05, 4.69) is 14.8 Å². The lowest BCUT2D eigenvalue weighted by molar-refractivity contribution is 0.0600. The van der Waals surface area contributed by atoms with Crippen LogP contribution >= 0.6 is 12.4 Å². The van der Waals surface area contributed by atoms with Gasteiger partial charge in [-0.05, 0) is 57.0 Å². The number of carbonyl (C=O) groups is 1. The molecule has 1 heterocycles. The van der Waals surface area contributed by atoms with Crippen LogP contribution in [-0.2, 0) is 14.8 Å². The highest BCUT2D eigenvalue weighted by Gasteiger charge is 2.25. The molecule has 0 bridgehead atoms. The Labute approximate surface area is 143 Å². The molecule has 1 aromatic carbocycles. The van der Waals surface area contributed by atoms with Crippen LogP contribution in [0.4, 0.5) is 0 Å². The summed E-state index contributed by atoms with van der Waals surface area (Å²) in [5.41, 5.74) is 0.867. The number of hydrogen-bond acceptors (Lipinski definition) is 5. The third-order valence-corrected chi connectivity index (χ3v) is 5.51. The zero-order valence-electron chi connectivity index (χ0n) is 13.5. The zero-order valence-corrected chi connectivity index (χ0v) is 15.1. The fraction of sp³-hybridized carbons (Fsp3) is 0.533. The van der Waals surface area contributed by atoms with Gasteiger partial charge in [0.2, 0.25) is 10.0 Å². The summed E-state index contributed by atoms with van der Waals surface area (Å²) in [6.45, 7) is 4.51. The molecular weight excluding hydrogens is 340 g/mol. The van der Waals surface area contributed by atoms with Crippen LogP contribution in [0.15, 0.2) is 23.1 Å². The van der Waals surface area contributed by atoms with Crippen molar-refractivity contribution in [1.29, 1.82) is 0 Å². The Morgan fingerprint density at radius 1 is 1.39 bits per heavy atom. The van der Waals surface area contributed by atoms with Crippen LogP contribution in [0.2, 0.25) is 0 Å². The molecule has 1 aromatic rings. The number of nitrogens with one attached hydrogen (secondary N) is 2. The third kappa shape index (κ3) is 4.91. The van der Waals surface area contributed by atoms with Gasteiger partial charge in [-0.1, -0.05) is 0 Å². The molecular formula is C15H23ClN2O4S. The van der Waals surface area contributed by atoms with Crippen molar-refractivity contribution in [3.63, 3.8) is 0 Å². The number of aryl methyl sites for hydroxylation is 1. The Hall–Kier alpha value is -1.15. The number of rotatable bonds is 4. The van der Waals surface area contributed by atoms with Crippen LogP contribution in [0.5, 0.6) is 0 Å². The first-order valence-electron chi connectivity index (χ1n) is 7.28. The van der Waals surface area contributed by atoms with E-state index in [0.717, 1.165) is 19.4 Å². The smallest absolute Gasteiger partial charge is 0.337 e. The second kappa shape index (κ2) is 8.10. The first-order valence-corrected chi connectivity index (χ1v) is 8.76. The average molecular weight is 363 g/mol. The van der Waals surface area contributed by atoms with Gasteiger partial charge in [0.25, 0.3) is 0 Å². The van der Waals surface area contributed by atoms with Crippen molar-refractivity contribution in [3.05, 3.63) is 29.3 Å². The Morgan fingerprint density at radius 2 is 2.09 bits per heavy atom. The van der Waals surface area contributed by atoms with Crippen LogP contribution in [0.3, 0.4) is 0 Å². The molecule has 8 heteroatoms. The molecule has 0 spiro atoms. The van der Waals surface area contributed by atoms with Gasteiger partial charge in [-0.15, -0.1) is 12.4 Å². The van der Waals surface area contributed by atoms with E-state index in [4.69, 9.17) is 0 Å². The van der Waals surface area contributed by atoms with Crippen LogP contribution in [0.1, 0.15) is 35.7 Å². The van der Waals surface area contributed by atoms with Crippen molar-refractivity contribution in [2.24, 2.45) is 0 Å². The molecule has 6 nitrogen and oxygen atoms in total. The van der Waals surface area contributed by atoms with E-state index in [1.807, 2.05) is 6.92 Å². The Bertz CT molecular complexity index is 663. The number of sulfonamides is 1. The minimum absolute atomic E-state index is 0. The summed E-state index contributed by atoms with van der Waals surface area (Å²) in [5, 5.41) is 3.29. The first kappa shape index (κ1) is 19.9. The van der Waals surface area contributed by atoms with Crippen molar-refractivity contribution >= 4 is 28.4 Å². The number of carbonyl (C=O) groups excluding carboxylic acids is 1. The largest absolute Gasteiger partial charge is 0.465 e. The Kier molecular flexibility index (Phi) is 7.01. The SMILES string of the molecule is COC(=O)c1ccc(S(=O)(=O)NC2CCNC(C)C2)c(C)c1.Cl. The van der Waals surface area contributed by atoms with Gasteiger partial charge < -0.3 is 10.1 Å². The van der Waals surface area contributed by atoms with Gasteiger partial charge >= 0.3 is 5.97 Å². The molecule has 0 amide bonds. The van der Waals surface area contributed by atoms with E-state index < -0.39 is 16.0 Å². The number of piperidine rings is 1. The van der Waals surface area contributed by atoms with Crippen LogP contribution < -0.4 is 10.0 Å². The van der Waals surface area contributed by atoms with E-state index in [9.17, 15) is 13.2 Å². The average Bonchev–Trinajstić information content (AvgIpc) is 2.45. The van der Waals surface area contributed by atoms with Crippen molar-refractivity contribution < 1.29 is 17.9 Å². The summed E-state index contributed by atoms with van der Waals surface area (Å²) in [7, 11) is -2.30. The van der Waals surface area contributed by atoms with Crippen LogP contribution in [0.25, 0.3) is 0 Å². The first-order chi connectivity index (χ1) is 10.3. The molecule has 2 N–H and O–H groups in total. The van der Waals surface area contributed by atoms with Crippen molar-refractivity contribution in [1.82, 2.24) is 10.0 Å². The van der Waals surface area contributed by atoms with Gasteiger partial charge in [-0.25, -0.2) is 17.9 Å². The van der Waals surface area contributed by atoms with E-state index in [1.54, 1.807) is 6.92 Å². The van der Waals surface area contributed by atoms with Crippen LogP contribution in [-0.4, -0.2) is 40.1 Å². The molecule has 0 aromatic heterocycles. The maximum absolute atomic E-state index is 12.5. The van der Waals surface area contributed by atoms with E-state index in [1.165, 1.54) is 25.3 Å². The predicted octanol–water partition coefficient (Wildman–Crippen LogP) is 1.62. The van der Waals surface area contributed by atoms with Gasteiger partial charge in [0.05, 0.1) is 17.6 Å². The number of methoxy groups -OCH3 is 1. The summed E-state index contributed by atoms with van der Waals surface area (Å²) < 4.78 is 32.5. The van der Waals surface area contributed by atoms with Gasteiger partial charge in [-0.2, -0.15) is 0 Å². The van der Waals surface area contributed by atoms with E-state index in [-0.39, 0.29) is 23.3 Å². The summed E-state index contributed by atoms with van der Waals surface area (Å²) in [4.78, 5) is 11.7. The lowest BCUT2D eigenvalue weighted by Gasteiger charge is -2.28. The van der Waals surface area contributed by atoms with Gasteiger partial charge in [-0.3, -0.25) is 0 Å². The summed E-state index contributed by atoms with van der Waals surface area (Å²) >= 11 is 0. The van der Waals surface area contributed by atoms with Crippen molar-refractivity contribution in [2.45, 2.75) is 43.7 Å². The zero-order chi connectivity index (χ0) is 16.3.